The fourth-order valence-electron chi connectivity index (χ4n) is 0.0206. The predicted octanol–water partition coefficient (Wildman–Crippen LogP) is 0.809. The van der Waals surface area contributed by atoms with Crippen LogP contribution in [0.3, 0.4) is 0 Å². The Hall–Kier alpha value is -0.120. The Morgan fingerprint density at radius 2 is 2.50 bits per heavy atom. The van der Waals surface area contributed by atoms with Crippen LogP contribution in [0.25, 0.3) is 0 Å². The molecule has 0 aromatic rings. The van der Waals surface area contributed by atoms with Crippen LogP contribution < -0.4 is 0 Å². The number of hydrogen-bond donors (Lipinski definition) is 0. The van der Waals surface area contributed by atoms with E-state index in [0.717, 1.165) is 0 Å². The summed E-state index contributed by atoms with van der Waals surface area (Å²) >= 11 is 2.66. The molecule has 0 amide bonds. The molecule has 0 aromatic heterocycles. The minimum Gasteiger partial charge on any atom is -0.254 e. The van der Waals surface area contributed by atoms with Crippen LogP contribution in [-0.2, 0) is 9.74 Å². The van der Waals surface area contributed by atoms with E-state index in [2.05, 4.69) is 20.9 Å². The first-order valence-corrected chi connectivity index (χ1v) is 2.30. The van der Waals surface area contributed by atoms with E-state index in [0.29, 0.717) is 0 Å². The maximum Gasteiger partial charge on any atom is 0.359 e. The number of carbonyl (C=O) groups is 1. The molecular formula is C2H2BrFO2. The maximum atomic E-state index is 10.5. The van der Waals surface area contributed by atoms with E-state index in [1.165, 1.54) is 0 Å². The average molecular weight is 157 g/mol. The van der Waals surface area contributed by atoms with E-state index in [1.54, 1.807) is 0 Å². The lowest BCUT2D eigenvalue weighted by atomic mass is 10.8. The molecule has 0 rings (SSSR count). The summed E-state index contributed by atoms with van der Waals surface area (Å²) in [7, 11) is 0. The summed E-state index contributed by atoms with van der Waals surface area (Å²) in [5.74, 6) is -0.907. The quantitative estimate of drug-likeness (QED) is 0.526. The van der Waals surface area contributed by atoms with Crippen LogP contribution in [0.2, 0.25) is 0 Å². The van der Waals surface area contributed by atoms with Gasteiger partial charge in [-0.15, -0.1) is 0 Å². The maximum absolute atomic E-state index is 10.5. The molecule has 0 spiro atoms. The van der Waals surface area contributed by atoms with Crippen molar-refractivity contribution in [3.05, 3.63) is 0 Å². The monoisotopic (exact) mass is 156 g/mol. The highest BCUT2D eigenvalue weighted by atomic mass is 79.9. The molecule has 0 aliphatic carbocycles. The molecule has 0 saturated heterocycles. The summed E-state index contributed by atoms with van der Waals surface area (Å²) in [6.45, 7) is 0. The molecule has 0 N–H and O–H groups in total. The first kappa shape index (κ1) is 5.88. The van der Waals surface area contributed by atoms with E-state index in [1.807, 2.05) is 0 Å². The SMILES string of the molecule is O=C(CBr)OF. The van der Waals surface area contributed by atoms with Gasteiger partial charge in [-0.1, -0.05) is 15.9 Å². The molecule has 0 aromatic carbocycles. The standard InChI is InChI=1S/C2H2BrFO2/c3-1-2(5)6-4/h1H2. The van der Waals surface area contributed by atoms with Gasteiger partial charge in [0.25, 0.3) is 0 Å². The molecule has 0 bridgehead atoms. The Morgan fingerprint density at radius 3 is 2.50 bits per heavy atom. The van der Waals surface area contributed by atoms with Gasteiger partial charge < -0.3 is 0 Å². The molecule has 0 aliphatic heterocycles. The van der Waals surface area contributed by atoms with Gasteiger partial charge in [0.15, 0.2) is 0 Å². The predicted molar refractivity (Wildman–Crippen MR) is 21.0 cm³/mol. The van der Waals surface area contributed by atoms with Crippen molar-refractivity contribution in [1.29, 1.82) is 0 Å². The molecule has 0 radical (unpaired) electrons. The third-order valence-electron chi connectivity index (χ3n) is 0.195. The number of halogens is 2. The summed E-state index contributed by atoms with van der Waals surface area (Å²) in [5.41, 5.74) is 0. The van der Waals surface area contributed by atoms with Crippen molar-refractivity contribution in [2.75, 3.05) is 5.33 Å². The van der Waals surface area contributed by atoms with Gasteiger partial charge in [0.2, 0.25) is 0 Å². The second-order valence-corrected chi connectivity index (χ2v) is 1.14. The second-order valence-electron chi connectivity index (χ2n) is 0.583. The summed E-state index contributed by atoms with van der Waals surface area (Å²) in [5, 5.41) is -0.0938. The normalized spacial score (nSPS) is 7.67. The van der Waals surface area contributed by atoms with Crippen LogP contribution in [0, 0.1) is 0 Å². The van der Waals surface area contributed by atoms with Crippen LogP contribution >= 0.6 is 15.9 Å². The number of rotatable bonds is 1. The molecule has 0 saturated carbocycles. The largest absolute Gasteiger partial charge is 0.359 e. The summed E-state index contributed by atoms with van der Waals surface area (Å²) in [6.07, 6.45) is 0. The lowest BCUT2D eigenvalue weighted by Crippen LogP contribution is -1.95. The highest BCUT2D eigenvalue weighted by Crippen LogP contribution is 1.83. The summed E-state index contributed by atoms with van der Waals surface area (Å²) in [4.78, 5) is 12.2. The molecule has 2 nitrogen and oxygen atoms in total. The Morgan fingerprint density at radius 1 is 2.00 bits per heavy atom. The first-order chi connectivity index (χ1) is 2.81. The van der Waals surface area contributed by atoms with E-state index in [-0.39, 0.29) is 5.33 Å². The number of hydrogen-bond acceptors (Lipinski definition) is 2. The van der Waals surface area contributed by atoms with Crippen molar-refractivity contribution in [3.8, 4) is 0 Å². The van der Waals surface area contributed by atoms with Gasteiger partial charge in [0.05, 0.1) is 0 Å². The highest BCUT2D eigenvalue weighted by molar-refractivity contribution is 9.09. The van der Waals surface area contributed by atoms with Crippen molar-refractivity contribution in [2.45, 2.75) is 0 Å². The summed E-state index contributed by atoms with van der Waals surface area (Å²) in [6, 6.07) is 0. The minimum absolute atomic E-state index is 0.0938. The average Bonchev–Trinajstić information content (AvgIpc) is 1.65. The van der Waals surface area contributed by atoms with Crippen LogP contribution in [0.15, 0.2) is 0 Å². The zero-order chi connectivity index (χ0) is 4.99. The van der Waals surface area contributed by atoms with Gasteiger partial charge in [-0.25, -0.2) is 4.79 Å². The zero-order valence-corrected chi connectivity index (χ0v) is 4.37. The topological polar surface area (TPSA) is 26.3 Å². The molecule has 0 unspecified atom stereocenters. The Kier molecular flexibility index (Phi) is 3.02. The molecular weight excluding hydrogens is 155 g/mol. The fraction of sp³-hybridized carbons (Fsp3) is 0.500. The Bertz CT molecular complexity index is 49.5. The van der Waals surface area contributed by atoms with E-state index in [4.69, 9.17) is 0 Å². The Balaban J connectivity index is 2.99. The van der Waals surface area contributed by atoms with Crippen LogP contribution in [0.1, 0.15) is 0 Å². The molecule has 4 heteroatoms. The van der Waals surface area contributed by atoms with Gasteiger partial charge in [-0.2, -0.15) is 0 Å². The lowest BCUT2D eigenvalue weighted by Gasteiger charge is -1.78. The molecule has 6 heavy (non-hydrogen) atoms. The minimum atomic E-state index is -0.907. The van der Waals surface area contributed by atoms with Gasteiger partial charge >= 0.3 is 5.97 Å². The third kappa shape index (κ3) is 2.14. The smallest absolute Gasteiger partial charge is 0.254 e. The van der Waals surface area contributed by atoms with Crippen LogP contribution in [0.4, 0.5) is 4.53 Å². The van der Waals surface area contributed by atoms with Gasteiger partial charge in [-0.3, -0.25) is 4.94 Å². The molecule has 0 heterocycles. The molecule has 0 atom stereocenters. The van der Waals surface area contributed by atoms with Crippen molar-refractivity contribution < 1.29 is 14.3 Å². The molecule has 0 aliphatic rings. The fourth-order valence-corrected chi connectivity index (χ4v) is 0.107. The second kappa shape index (κ2) is 3.08. The lowest BCUT2D eigenvalue weighted by molar-refractivity contribution is -0.179. The van der Waals surface area contributed by atoms with Crippen LogP contribution in [-0.4, -0.2) is 11.3 Å². The van der Waals surface area contributed by atoms with Gasteiger partial charge in [-0.05, 0) is 0 Å². The number of carbonyl (C=O) groups excluding carboxylic acids is 1. The molecule has 36 valence electrons. The van der Waals surface area contributed by atoms with Gasteiger partial charge in [0, 0.05) is 4.53 Å². The van der Waals surface area contributed by atoms with Crippen molar-refractivity contribution in [2.24, 2.45) is 0 Å². The van der Waals surface area contributed by atoms with Crippen molar-refractivity contribution >= 4 is 21.9 Å². The Labute approximate surface area is 42.3 Å². The van der Waals surface area contributed by atoms with Crippen molar-refractivity contribution in [1.82, 2.24) is 0 Å². The first-order valence-electron chi connectivity index (χ1n) is 1.18. The van der Waals surface area contributed by atoms with Crippen LogP contribution in [0.5, 0.6) is 0 Å². The van der Waals surface area contributed by atoms with Gasteiger partial charge in [0.1, 0.15) is 5.33 Å². The van der Waals surface area contributed by atoms with E-state index >= 15 is 0 Å². The van der Waals surface area contributed by atoms with Crippen molar-refractivity contribution in [3.63, 3.8) is 0 Å². The summed E-state index contributed by atoms with van der Waals surface area (Å²) < 4.78 is 10.5. The third-order valence-corrected chi connectivity index (χ3v) is 0.653. The zero-order valence-electron chi connectivity index (χ0n) is 2.78. The highest BCUT2D eigenvalue weighted by Gasteiger charge is 1.94. The van der Waals surface area contributed by atoms with E-state index in [9.17, 15) is 9.32 Å². The number of alkyl halides is 1. The molecule has 0 fully saturated rings. The van der Waals surface area contributed by atoms with E-state index < -0.39 is 5.97 Å².